The van der Waals surface area contributed by atoms with Crippen molar-refractivity contribution in [1.82, 2.24) is 4.90 Å². The molecule has 3 aliphatic heterocycles. The third-order valence-corrected chi connectivity index (χ3v) is 9.35. The molecule has 2 unspecified atom stereocenters. The van der Waals surface area contributed by atoms with Gasteiger partial charge in [0.15, 0.2) is 0 Å². The fraction of sp³-hybridized carbons (Fsp3) is 0.542. The predicted octanol–water partition coefficient (Wildman–Crippen LogP) is 2.90. The molecule has 9 heteroatoms. The first-order valence-corrected chi connectivity index (χ1v) is 12.4. The number of β-amino-alcohol motifs (C(OH)–C–C–N with tert-alkyl or cyclic N) is 1. The van der Waals surface area contributed by atoms with E-state index in [1.165, 1.54) is 4.90 Å². The number of halogens is 1. The maximum atomic E-state index is 14.1. The van der Waals surface area contributed by atoms with E-state index in [1.807, 2.05) is 6.92 Å². The first kappa shape index (κ1) is 24.1. The number of aliphatic hydroxyl groups is 1. The molecule has 4 rings (SSSR count). The molecule has 2 amide bonds. The molecule has 0 saturated carbocycles. The first-order valence-electron chi connectivity index (χ1n) is 11.2. The number of rotatable bonds is 8. The van der Waals surface area contributed by atoms with Crippen LogP contribution >= 0.6 is 23.4 Å². The van der Waals surface area contributed by atoms with Crippen molar-refractivity contribution in [1.29, 1.82) is 0 Å². The van der Waals surface area contributed by atoms with Gasteiger partial charge in [0.05, 0.1) is 29.8 Å². The van der Waals surface area contributed by atoms with Crippen LogP contribution in [0.5, 0.6) is 0 Å². The molecule has 0 aromatic heterocycles. The Bertz CT molecular complexity index is 972. The largest absolute Gasteiger partial charge is 0.466 e. The van der Waals surface area contributed by atoms with Gasteiger partial charge in [0.1, 0.15) is 6.04 Å². The first-order chi connectivity index (χ1) is 15.7. The topological polar surface area (TPSA) is 87.2 Å². The van der Waals surface area contributed by atoms with Crippen molar-refractivity contribution in [3.8, 4) is 0 Å². The number of anilines is 1. The van der Waals surface area contributed by atoms with Crippen molar-refractivity contribution in [2.75, 3.05) is 31.2 Å². The number of amides is 2. The van der Waals surface area contributed by atoms with Crippen LogP contribution in [0.2, 0.25) is 5.02 Å². The predicted molar refractivity (Wildman–Crippen MR) is 128 cm³/mol. The van der Waals surface area contributed by atoms with Crippen LogP contribution in [0.25, 0.3) is 0 Å². The summed E-state index contributed by atoms with van der Waals surface area (Å²) >= 11 is 7.62. The third-order valence-electron chi connectivity index (χ3n) is 7.11. The van der Waals surface area contributed by atoms with Gasteiger partial charge < -0.3 is 19.6 Å². The van der Waals surface area contributed by atoms with Crippen LogP contribution in [-0.4, -0.2) is 69.6 Å². The number of hydrogen-bond donors (Lipinski definition) is 1. The van der Waals surface area contributed by atoms with Crippen LogP contribution < -0.4 is 4.90 Å². The van der Waals surface area contributed by atoms with E-state index < -0.39 is 27.4 Å². The Kier molecular flexibility index (Phi) is 6.55. The van der Waals surface area contributed by atoms with Gasteiger partial charge in [-0.05, 0) is 51.0 Å². The second kappa shape index (κ2) is 8.96. The van der Waals surface area contributed by atoms with Gasteiger partial charge in [0.2, 0.25) is 5.91 Å². The Labute approximate surface area is 203 Å². The highest BCUT2D eigenvalue weighted by molar-refractivity contribution is 8.02. The zero-order valence-corrected chi connectivity index (χ0v) is 20.4. The molecule has 3 fully saturated rings. The van der Waals surface area contributed by atoms with Gasteiger partial charge in [-0.1, -0.05) is 17.7 Å². The number of likely N-dealkylation sites (tertiary alicyclic amines) is 1. The summed E-state index contributed by atoms with van der Waals surface area (Å²) in [6.07, 6.45) is 2.99. The summed E-state index contributed by atoms with van der Waals surface area (Å²) in [5.74, 6) is -2.17. The lowest BCUT2D eigenvalue weighted by Gasteiger charge is -2.37. The van der Waals surface area contributed by atoms with Crippen molar-refractivity contribution >= 4 is 46.8 Å². The summed E-state index contributed by atoms with van der Waals surface area (Å²) in [4.78, 5) is 43.9. The number of thioether (sulfide) groups is 1. The normalized spacial score (nSPS) is 32.1. The highest BCUT2D eigenvalue weighted by atomic mass is 35.5. The Hall–Kier alpha value is -2.03. The molecular weight excluding hydrogens is 464 g/mol. The van der Waals surface area contributed by atoms with Gasteiger partial charge in [0, 0.05) is 28.5 Å². The van der Waals surface area contributed by atoms with E-state index in [0.29, 0.717) is 23.6 Å². The van der Waals surface area contributed by atoms with Crippen LogP contribution in [0.4, 0.5) is 5.69 Å². The Balaban J connectivity index is 1.78. The number of hydrogen-bond acceptors (Lipinski definition) is 6. The van der Waals surface area contributed by atoms with Crippen LogP contribution in [0.15, 0.2) is 36.9 Å². The average Bonchev–Trinajstić information content (AvgIpc) is 3.34. The van der Waals surface area contributed by atoms with Crippen LogP contribution in [0, 0.1) is 11.8 Å². The summed E-state index contributed by atoms with van der Waals surface area (Å²) in [6, 6.07) is 6.13. The number of esters is 1. The minimum atomic E-state index is -0.802. The third kappa shape index (κ3) is 3.67. The van der Waals surface area contributed by atoms with Gasteiger partial charge in [-0.15, -0.1) is 18.3 Å². The van der Waals surface area contributed by atoms with Gasteiger partial charge in [-0.3, -0.25) is 14.4 Å². The number of benzene rings is 1. The molecule has 3 saturated heterocycles. The van der Waals surface area contributed by atoms with Crippen LogP contribution in [0.1, 0.15) is 26.7 Å². The lowest BCUT2D eigenvalue weighted by Crippen LogP contribution is -2.55. The minimum Gasteiger partial charge on any atom is -0.466 e. The molecule has 3 heterocycles. The lowest BCUT2D eigenvalue weighted by molar-refractivity contribution is -0.155. The molecule has 1 aromatic rings. The lowest BCUT2D eigenvalue weighted by atomic mass is 9.66. The Morgan fingerprint density at radius 3 is 2.67 bits per heavy atom. The number of ether oxygens (including phenoxy) is 1. The molecule has 1 aromatic carbocycles. The molecule has 33 heavy (non-hydrogen) atoms. The zero-order valence-electron chi connectivity index (χ0n) is 18.8. The summed E-state index contributed by atoms with van der Waals surface area (Å²) in [6.45, 7) is 7.78. The summed E-state index contributed by atoms with van der Waals surface area (Å²) in [7, 11) is 0. The number of carbonyl (C=O) groups is 3. The monoisotopic (exact) mass is 492 g/mol. The molecule has 3 aliphatic rings. The fourth-order valence-electron chi connectivity index (χ4n) is 5.86. The molecular formula is C24H29ClN2O5S. The molecule has 0 aliphatic carbocycles. The Morgan fingerprint density at radius 2 is 2.06 bits per heavy atom. The maximum Gasteiger partial charge on any atom is 0.311 e. The second-order valence-corrected chi connectivity index (χ2v) is 11.3. The smallest absolute Gasteiger partial charge is 0.311 e. The van der Waals surface area contributed by atoms with Crippen molar-refractivity contribution in [3.63, 3.8) is 0 Å². The molecule has 5 atom stereocenters. The highest BCUT2D eigenvalue weighted by Gasteiger charge is 2.77. The molecule has 1 N–H and O–H groups in total. The summed E-state index contributed by atoms with van der Waals surface area (Å²) < 4.78 is 4.14. The maximum absolute atomic E-state index is 14.1. The number of nitrogens with zero attached hydrogens (tertiary/aromatic N) is 2. The van der Waals surface area contributed by atoms with E-state index >= 15 is 0 Å². The van der Waals surface area contributed by atoms with Gasteiger partial charge in [-0.2, -0.15) is 0 Å². The molecule has 1 spiro atoms. The van der Waals surface area contributed by atoms with Gasteiger partial charge >= 0.3 is 5.97 Å². The Morgan fingerprint density at radius 1 is 1.36 bits per heavy atom. The quantitative estimate of drug-likeness (QED) is 0.443. The van der Waals surface area contributed by atoms with E-state index in [2.05, 4.69) is 6.58 Å². The average molecular weight is 493 g/mol. The van der Waals surface area contributed by atoms with Crippen LogP contribution in [0.3, 0.4) is 0 Å². The molecule has 2 bridgehead atoms. The molecule has 178 valence electrons. The van der Waals surface area contributed by atoms with Crippen LogP contribution in [-0.2, 0) is 19.1 Å². The zero-order chi connectivity index (χ0) is 24.0. The molecule has 0 radical (unpaired) electrons. The second-order valence-electron chi connectivity index (χ2n) is 8.95. The number of carbonyl (C=O) groups excluding carboxylic acids is 3. The van der Waals surface area contributed by atoms with Crippen molar-refractivity contribution in [3.05, 3.63) is 41.9 Å². The van der Waals surface area contributed by atoms with Crippen molar-refractivity contribution < 1.29 is 24.2 Å². The van der Waals surface area contributed by atoms with E-state index in [9.17, 15) is 19.5 Å². The van der Waals surface area contributed by atoms with Crippen molar-refractivity contribution in [2.24, 2.45) is 11.8 Å². The summed E-state index contributed by atoms with van der Waals surface area (Å²) in [5.41, 5.74) is 0.645. The van der Waals surface area contributed by atoms with E-state index in [0.717, 1.165) is 0 Å². The van der Waals surface area contributed by atoms with Gasteiger partial charge in [-0.25, -0.2) is 0 Å². The fourth-order valence-corrected chi connectivity index (χ4v) is 8.33. The minimum absolute atomic E-state index is 0.0306. The van der Waals surface area contributed by atoms with E-state index in [1.54, 1.807) is 53.9 Å². The van der Waals surface area contributed by atoms with E-state index in [-0.39, 0.29) is 44.1 Å². The number of fused-ring (bicyclic) bond motifs is 1. The molecule has 7 nitrogen and oxygen atoms in total. The number of aliphatic hydroxyl groups excluding tert-OH is 1. The van der Waals surface area contributed by atoms with Gasteiger partial charge in [0.25, 0.3) is 5.91 Å². The SMILES string of the molecule is C=CCN(C(=O)C1N(CCO)C(=O)[C@@H]2[C@@H](C(=O)OCC)[C@@]3(C)CCC12S3)c1ccc(Cl)cc1. The van der Waals surface area contributed by atoms with Crippen molar-refractivity contribution in [2.45, 2.75) is 42.2 Å². The summed E-state index contributed by atoms with van der Waals surface area (Å²) in [5, 5.41) is 10.3. The standard InChI is InChI=1S/C24H29ClN2O5S/c1-4-12-26(16-8-6-15(25)7-9-16)21(30)19-24-11-10-23(3,33-24)18(22(31)32-5-2)17(24)20(29)27(19)13-14-28/h4,6-9,17-19,28H,1,5,10-14H2,2-3H3/t17-,18-,19?,23+,24?/m0/s1. The van der Waals surface area contributed by atoms with E-state index in [4.69, 9.17) is 16.3 Å². The highest BCUT2D eigenvalue weighted by Crippen LogP contribution is 2.71.